The van der Waals surface area contributed by atoms with Gasteiger partial charge in [0.2, 0.25) is 5.91 Å². The molecule has 2 N–H and O–H groups in total. The Kier molecular flexibility index (Phi) is 8.74. The fourth-order valence-corrected chi connectivity index (χ4v) is 3.21. The lowest BCUT2D eigenvalue weighted by molar-refractivity contribution is -0.121. The van der Waals surface area contributed by atoms with E-state index >= 15 is 0 Å². The molecule has 1 fully saturated rings. The zero-order valence-electron chi connectivity index (χ0n) is 15.4. The number of anilines is 1. The molecule has 1 aromatic rings. The van der Waals surface area contributed by atoms with Crippen LogP contribution < -0.4 is 10.6 Å². The van der Waals surface area contributed by atoms with Gasteiger partial charge >= 0.3 is 0 Å². The minimum atomic E-state index is -0.0677. The smallest absolute Gasteiger partial charge is 0.241 e. The Morgan fingerprint density at radius 3 is 2.50 bits per heavy atom. The van der Waals surface area contributed by atoms with Gasteiger partial charge in [0, 0.05) is 5.69 Å². The largest absolute Gasteiger partial charge is 0.325 e. The average Bonchev–Trinajstić information content (AvgIpc) is 2.56. The molecule has 0 aliphatic carbocycles. The number of likely N-dealkylation sites (tertiary alicyclic amines) is 1. The van der Waals surface area contributed by atoms with Crippen molar-refractivity contribution in [3.8, 4) is 0 Å². The van der Waals surface area contributed by atoms with Crippen molar-refractivity contribution in [1.29, 1.82) is 0 Å². The van der Waals surface area contributed by atoms with Gasteiger partial charge in [0.05, 0.1) is 6.04 Å². The molecule has 0 saturated carbocycles. The van der Waals surface area contributed by atoms with Crippen molar-refractivity contribution in [3.63, 3.8) is 0 Å². The third-order valence-corrected chi connectivity index (χ3v) is 5.15. The predicted molar refractivity (Wildman–Crippen MR) is 104 cm³/mol. The number of nitrogens with zero attached hydrogens (tertiary/aromatic N) is 1. The first kappa shape index (κ1) is 20.9. The van der Waals surface area contributed by atoms with Crippen LogP contribution >= 0.6 is 12.4 Å². The van der Waals surface area contributed by atoms with E-state index in [4.69, 9.17) is 0 Å². The molecule has 0 spiro atoms. The van der Waals surface area contributed by atoms with Gasteiger partial charge in [-0.25, -0.2) is 0 Å². The van der Waals surface area contributed by atoms with Gasteiger partial charge in [0.15, 0.2) is 0 Å². The Labute approximate surface area is 152 Å². The first-order valence-electron chi connectivity index (χ1n) is 8.78. The molecule has 1 aliphatic heterocycles. The van der Waals surface area contributed by atoms with Gasteiger partial charge in [0.25, 0.3) is 0 Å². The fraction of sp³-hybridized carbons (Fsp3) is 0.632. The van der Waals surface area contributed by atoms with Crippen molar-refractivity contribution in [2.24, 2.45) is 5.92 Å². The monoisotopic (exact) mass is 353 g/mol. The third-order valence-electron chi connectivity index (χ3n) is 5.15. The molecule has 1 unspecified atom stereocenters. The fourth-order valence-electron chi connectivity index (χ4n) is 3.21. The zero-order valence-corrected chi connectivity index (χ0v) is 16.2. The molecule has 1 atom stereocenters. The molecule has 24 heavy (non-hydrogen) atoms. The summed E-state index contributed by atoms with van der Waals surface area (Å²) in [7, 11) is 2.01. The van der Waals surface area contributed by atoms with Crippen LogP contribution in [0.3, 0.4) is 0 Å². The van der Waals surface area contributed by atoms with E-state index in [1.807, 2.05) is 26.1 Å². The van der Waals surface area contributed by atoms with Crippen LogP contribution in [0.5, 0.6) is 0 Å². The summed E-state index contributed by atoms with van der Waals surface area (Å²) < 4.78 is 0. The summed E-state index contributed by atoms with van der Waals surface area (Å²) in [5.74, 6) is 0.899. The van der Waals surface area contributed by atoms with Crippen LogP contribution in [0.25, 0.3) is 0 Å². The van der Waals surface area contributed by atoms with E-state index < -0.39 is 0 Å². The van der Waals surface area contributed by atoms with Crippen molar-refractivity contribution in [2.75, 3.05) is 32.0 Å². The standard InChI is InChI=1S/C19H31N3O.ClH/c1-14-5-6-18(13-15(14)2)21-19(23)16(3)22-11-8-17(9-12-22)7-10-20-4;/h5-6,13,16-17,20H,7-12H2,1-4H3,(H,21,23);1H. The first-order valence-corrected chi connectivity index (χ1v) is 8.78. The quantitative estimate of drug-likeness (QED) is 0.824. The molecule has 1 heterocycles. The topological polar surface area (TPSA) is 44.4 Å². The Balaban J connectivity index is 0.00000288. The van der Waals surface area contributed by atoms with Crippen LogP contribution in [0.4, 0.5) is 5.69 Å². The molecule has 0 aromatic heterocycles. The first-order chi connectivity index (χ1) is 11.0. The van der Waals surface area contributed by atoms with E-state index in [0.29, 0.717) is 0 Å². The van der Waals surface area contributed by atoms with Crippen molar-refractivity contribution < 1.29 is 4.79 Å². The highest BCUT2D eigenvalue weighted by Gasteiger charge is 2.26. The van der Waals surface area contributed by atoms with E-state index in [2.05, 4.69) is 35.4 Å². The van der Waals surface area contributed by atoms with Crippen LogP contribution in [0.1, 0.15) is 37.3 Å². The maximum atomic E-state index is 12.5. The molecule has 2 rings (SSSR count). The second kappa shape index (κ2) is 10.0. The molecule has 1 saturated heterocycles. The average molecular weight is 354 g/mol. The highest BCUT2D eigenvalue weighted by atomic mass is 35.5. The van der Waals surface area contributed by atoms with Crippen LogP contribution in [-0.4, -0.2) is 43.5 Å². The number of hydrogen-bond acceptors (Lipinski definition) is 3. The number of carbonyl (C=O) groups excluding carboxylic acids is 1. The molecular weight excluding hydrogens is 322 g/mol. The number of benzene rings is 1. The van der Waals surface area contributed by atoms with E-state index in [-0.39, 0.29) is 24.4 Å². The maximum absolute atomic E-state index is 12.5. The normalized spacial score (nSPS) is 17.2. The third kappa shape index (κ3) is 5.76. The van der Waals surface area contributed by atoms with Gasteiger partial charge in [-0.2, -0.15) is 0 Å². The molecule has 1 aliphatic rings. The number of carbonyl (C=O) groups is 1. The van der Waals surface area contributed by atoms with Crippen LogP contribution in [0.2, 0.25) is 0 Å². The minimum Gasteiger partial charge on any atom is -0.325 e. The molecule has 1 amide bonds. The Morgan fingerprint density at radius 2 is 1.92 bits per heavy atom. The Morgan fingerprint density at radius 1 is 1.25 bits per heavy atom. The number of piperidine rings is 1. The summed E-state index contributed by atoms with van der Waals surface area (Å²) in [6.45, 7) is 9.32. The van der Waals surface area contributed by atoms with Gasteiger partial charge in [-0.1, -0.05) is 6.07 Å². The van der Waals surface area contributed by atoms with Crippen LogP contribution in [0.15, 0.2) is 18.2 Å². The van der Waals surface area contributed by atoms with Crippen molar-refractivity contribution in [3.05, 3.63) is 29.3 Å². The molecule has 136 valence electrons. The van der Waals surface area contributed by atoms with Crippen LogP contribution in [-0.2, 0) is 4.79 Å². The highest BCUT2D eigenvalue weighted by molar-refractivity contribution is 5.94. The number of hydrogen-bond donors (Lipinski definition) is 2. The van der Waals surface area contributed by atoms with Gasteiger partial charge in [0.1, 0.15) is 0 Å². The highest BCUT2D eigenvalue weighted by Crippen LogP contribution is 2.22. The van der Waals surface area contributed by atoms with E-state index in [1.165, 1.54) is 30.4 Å². The van der Waals surface area contributed by atoms with Crippen molar-refractivity contribution in [2.45, 2.75) is 46.1 Å². The molecular formula is C19H32ClN3O. The number of amides is 1. The summed E-state index contributed by atoms with van der Waals surface area (Å²) in [6, 6.07) is 6.02. The second-order valence-corrected chi connectivity index (χ2v) is 6.84. The lowest BCUT2D eigenvalue weighted by atomic mass is 9.93. The SMILES string of the molecule is CNCCC1CCN(C(C)C(=O)Nc2ccc(C)c(C)c2)CC1.Cl. The molecule has 5 heteroatoms. The summed E-state index contributed by atoms with van der Waals surface area (Å²) in [6.07, 6.45) is 3.64. The zero-order chi connectivity index (χ0) is 16.8. The predicted octanol–water partition coefficient (Wildman–Crippen LogP) is 3.37. The van der Waals surface area contributed by atoms with Gasteiger partial charge < -0.3 is 10.6 Å². The van der Waals surface area contributed by atoms with Crippen molar-refractivity contribution >= 4 is 24.0 Å². The number of halogens is 1. The second-order valence-electron chi connectivity index (χ2n) is 6.84. The summed E-state index contributed by atoms with van der Waals surface area (Å²) in [4.78, 5) is 14.8. The molecule has 0 radical (unpaired) electrons. The summed E-state index contributed by atoms with van der Waals surface area (Å²) in [5.41, 5.74) is 3.36. The maximum Gasteiger partial charge on any atom is 0.241 e. The van der Waals surface area contributed by atoms with Gasteiger partial charge in [-0.15, -0.1) is 12.4 Å². The summed E-state index contributed by atoms with van der Waals surface area (Å²) in [5, 5.41) is 6.29. The van der Waals surface area contributed by atoms with Gasteiger partial charge in [-0.05, 0) is 95.9 Å². The van der Waals surface area contributed by atoms with E-state index in [9.17, 15) is 4.79 Å². The van der Waals surface area contributed by atoms with Gasteiger partial charge in [-0.3, -0.25) is 9.69 Å². The number of nitrogens with one attached hydrogen (secondary N) is 2. The number of rotatable bonds is 6. The van der Waals surface area contributed by atoms with Crippen LogP contribution in [0, 0.1) is 19.8 Å². The Bertz CT molecular complexity index is 527. The van der Waals surface area contributed by atoms with E-state index in [0.717, 1.165) is 31.2 Å². The lowest BCUT2D eigenvalue weighted by Crippen LogP contribution is -2.46. The minimum absolute atomic E-state index is 0. The van der Waals surface area contributed by atoms with E-state index in [1.54, 1.807) is 0 Å². The Hall–Kier alpha value is -1.10. The van der Waals surface area contributed by atoms with Crippen molar-refractivity contribution in [1.82, 2.24) is 10.2 Å². The molecule has 1 aromatic carbocycles. The molecule has 4 nitrogen and oxygen atoms in total. The lowest BCUT2D eigenvalue weighted by Gasteiger charge is -2.35. The molecule has 0 bridgehead atoms. The summed E-state index contributed by atoms with van der Waals surface area (Å²) >= 11 is 0. The number of aryl methyl sites for hydroxylation is 2.